The molecule has 0 unspecified atom stereocenters. The standard InChI is InChI=1S/C21H28N2O3/c1-21(2,3)18-7-5-6-8-19(18)23-20(24)15-22-13-14-26-17-11-9-16(25-4)10-12-17/h5-12,22H,13-15H2,1-4H3,(H,23,24). The molecule has 5 heteroatoms. The molecule has 2 aromatic rings. The Hall–Kier alpha value is -2.53. The van der Waals surface area contributed by atoms with Crippen LogP contribution in [0.1, 0.15) is 26.3 Å². The third-order valence-corrected chi connectivity index (χ3v) is 3.90. The highest BCUT2D eigenvalue weighted by Crippen LogP contribution is 2.29. The second kappa shape index (κ2) is 9.25. The molecule has 0 saturated carbocycles. The summed E-state index contributed by atoms with van der Waals surface area (Å²) < 4.78 is 10.7. The monoisotopic (exact) mass is 356 g/mol. The van der Waals surface area contributed by atoms with E-state index in [0.717, 1.165) is 22.7 Å². The van der Waals surface area contributed by atoms with E-state index in [1.807, 2.05) is 48.5 Å². The fourth-order valence-electron chi connectivity index (χ4n) is 2.56. The first kappa shape index (κ1) is 19.8. The highest BCUT2D eigenvalue weighted by molar-refractivity contribution is 5.93. The second-order valence-electron chi connectivity index (χ2n) is 7.04. The van der Waals surface area contributed by atoms with Gasteiger partial charge in [-0.05, 0) is 41.3 Å². The Labute approximate surface area is 155 Å². The van der Waals surface area contributed by atoms with Gasteiger partial charge in [0.25, 0.3) is 0 Å². The zero-order valence-corrected chi connectivity index (χ0v) is 16.0. The first-order chi connectivity index (χ1) is 12.4. The van der Waals surface area contributed by atoms with E-state index in [1.165, 1.54) is 0 Å². The van der Waals surface area contributed by atoms with Crippen molar-refractivity contribution >= 4 is 11.6 Å². The van der Waals surface area contributed by atoms with Crippen molar-refractivity contribution in [3.05, 3.63) is 54.1 Å². The highest BCUT2D eigenvalue weighted by atomic mass is 16.5. The molecule has 2 N–H and O–H groups in total. The molecule has 0 spiro atoms. The fourth-order valence-corrected chi connectivity index (χ4v) is 2.56. The summed E-state index contributed by atoms with van der Waals surface area (Å²) in [6, 6.07) is 15.3. The van der Waals surface area contributed by atoms with E-state index in [4.69, 9.17) is 9.47 Å². The van der Waals surface area contributed by atoms with Gasteiger partial charge >= 0.3 is 0 Å². The molecule has 140 valence electrons. The van der Waals surface area contributed by atoms with Gasteiger partial charge in [0.1, 0.15) is 18.1 Å². The predicted octanol–water partition coefficient (Wildman–Crippen LogP) is 3.60. The van der Waals surface area contributed by atoms with Gasteiger partial charge in [-0.15, -0.1) is 0 Å². The van der Waals surface area contributed by atoms with Gasteiger partial charge in [0.05, 0.1) is 13.7 Å². The highest BCUT2D eigenvalue weighted by Gasteiger charge is 2.18. The maximum absolute atomic E-state index is 12.2. The number of ether oxygens (including phenoxy) is 2. The van der Waals surface area contributed by atoms with Crippen LogP contribution in [0.15, 0.2) is 48.5 Å². The van der Waals surface area contributed by atoms with E-state index in [0.29, 0.717) is 13.2 Å². The zero-order valence-electron chi connectivity index (χ0n) is 16.0. The summed E-state index contributed by atoms with van der Waals surface area (Å²) >= 11 is 0. The predicted molar refractivity (Wildman–Crippen MR) is 105 cm³/mol. The van der Waals surface area contributed by atoms with Crippen molar-refractivity contribution < 1.29 is 14.3 Å². The van der Waals surface area contributed by atoms with Crippen LogP contribution in [0.3, 0.4) is 0 Å². The Kier molecular flexibility index (Phi) is 7.04. The topological polar surface area (TPSA) is 59.6 Å². The van der Waals surface area contributed by atoms with Crippen molar-refractivity contribution in [3.63, 3.8) is 0 Å². The normalized spacial score (nSPS) is 11.1. The Morgan fingerprint density at radius 2 is 1.65 bits per heavy atom. The van der Waals surface area contributed by atoms with E-state index in [1.54, 1.807) is 7.11 Å². The van der Waals surface area contributed by atoms with E-state index >= 15 is 0 Å². The lowest BCUT2D eigenvalue weighted by Gasteiger charge is -2.23. The van der Waals surface area contributed by atoms with Crippen molar-refractivity contribution in [2.75, 3.05) is 32.1 Å². The number of anilines is 1. The van der Waals surface area contributed by atoms with Gasteiger partial charge in [-0.25, -0.2) is 0 Å². The molecule has 26 heavy (non-hydrogen) atoms. The van der Waals surface area contributed by atoms with Gasteiger partial charge in [0.15, 0.2) is 0 Å². The van der Waals surface area contributed by atoms with Crippen LogP contribution >= 0.6 is 0 Å². The summed E-state index contributed by atoms with van der Waals surface area (Å²) in [7, 11) is 1.63. The molecule has 0 aliphatic carbocycles. The fraction of sp³-hybridized carbons (Fsp3) is 0.381. The molecule has 0 aliphatic rings. The molecular formula is C21H28N2O3. The lowest BCUT2D eigenvalue weighted by molar-refractivity contribution is -0.115. The van der Waals surface area contributed by atoms with Crippen LogP contribution in [0.4, 0.5) is 5.69 Å². The molecule has 0 atom stereocenters. The van der Waals surface area contributed by atoms with Crippen LogP contribution in [0.5, 0.6) is 11.5 Å². The molecule has 0 aromatic heterocycles. The van der Waals surface area contributed by atoms with Gasteiger partial charge in [-0.2, -0.15) is 0 Å². The summed E-state index contributed by atoms with van der Waals surface area (Å²) in [4.78, 5) is 12.2. The minimum absolute atomic E-state index is 0.0243. The van der Waals surface area contributed by atoms with Gasteiger partial charge in [0.2, 0.25) is 5.91 Å². The number of nitrogens with one attached hydrogen (secondary N) is 2. The molecule has 1 amide bonds. The first-order valence-electron chi connectivity index (χ1n) is 8.77. The lowest BCUT2D eigenvalue weighted by Crippen LogP contribution is -2.31. The first-order valence-corrected chi connectivity index (χ1v) is 8.77. The van der Waals surface area contributed by atoms with Crippen LogP contribution in [0, 0.1) is 0 Å². The number of methoxy groups -OCH3 is 1. The van der Waals surface area contributed by atoms with Gasteiger partial charge in [-0.3, -0.25) is 4.79 Å². The van der Waals surface area contributed by atoms with E-state index in [2.05, 4.69) is 31.4 Å². The summed E-state index contributed by atoms with van der Waals surface area (Å²) in [6.07, 6.45) is 0. The molecule has 0 saturated heterocycles. The number of para-hydroxylation sites is 1. The van der Waals surface area contributed by atoms with E-state index < -0.39 is 0 Å². The van der Waals surface area contributed by atoms with Crippen LogP contribution in [-0.4, -0.2) is 32.7 Å². The molecule has 2 rings (SSSR count). The van der Waals surface area contributed by atoms with Gasteiger partial charge < -0.3 is 20.1 Å². The Morgan fingerprint density at radius 1 is 1.00 bits per heavy atom. The Bertz CT molecular complexity index is 706. The van der Waals surface area contributed by atoms with Crippen LogP contribution < -0.4 is 20.1 Å². The number of carbonyl (C=O) groups is 1. The molecule has 0 aliphatic heterocycles. The molecule has 0 heterocycles. The average molecular weight is 356 g/mol. The number of hydrogen-bond donors (Lipinski definition) is 2. The summed E-state index contributed by atoms with van der Waals surface area (Å²) in [5.74, 6) is 1.50. The van der Waals surface area contributed by atoms with Crippen molar-refractivity contribution in [2.45, 2.75) is 26.2 Å². The summed E-state index contributed by atoms with van der Waals surface area (Å²) in [6.45, 7) is 7.70. The number of rotatable bonds is 8. The SMILES string of the molecule is COc1ccc(OCCNCC(=O)Nc2ccccc2C(C)(C)C)cc1. The van der Waals surface area contributed by atoms with Gasteiger partial charge in [-0.1, -0.05) is 39.0 Å². The molecule has 5 nitrogen and oxygen atoms in total. The number of hydrogen-bond acceptors (Lipinski definition) is 4. The third-order valence-electron chi connectivity index (χ3n) is 3.90. The molecule has 0 radical (unpaired) electrons. The van der Waals surface area contributed by atoms with Crippen LogP contribution in [0.25, 0.3) is 0 Å². The summed E-state index contributed by atoms with van der Waals surface area (Å²) in [5, 5.41) is 6.08. The minimum Gasteiger partial charge on any atom is -0.497 e. The molecule has 2 aromatic carbocycles. The number of carbonyl (C=O) groups excluding carboxylic acids is 1. The smallest absolute Gasteiger partial charge is 0.238 e. The minimum atomic E-state index is -0.0638. The quantitative estimate of drug-likeness (QED) is 0.710. The maximum Gasteiger partial charge on any atom is 0.238 e. The lowest BCUT2D eigenvalue weighted by atomic mass is 9.86. The number of amides is 1. The second-order valence-corrected chi connectivity index (χ2v) is 7.04. The Morgan fingerprint density at radius 3 is 2.31 bits per heavy atom. The van der Waals surface area contributed by atoms with E-state index in [9.17, 15) is 4.79 Å². The van der Waals surface area contributed by atoms with Crippen molar-refractivity contribution in [2.24, 2.45) is 0 Å². The molecule has 0 fully saturated rings. The van der Waals surface area contributed by atoms with Crippen LogP contribution in [0.2, 0.25) is 0 Å². The van der Waals surface area contributed by atoms with Crippen LogP contribution in [-0.2, 0) is 10.2 Å². The number of benzene rings is 2. The largest absolute Gasteiger partial charge is 0.497 e. The zero-order chi connectivity index (χ0) is 19.0. The summed E-state index contributed by atoms with van der Waals surface area (Å²) in [5.41, 5.74) is 1.96. The third kappa shape index (κ3) is 6.08. The van der Waals surface area contributed by atoms with Crippen molar-refractivity contribution in [3.8, 4) is 11.5 Å². The Balaban J connectivity index is 1.72. The van der Waals surface area contributed by atoms with Gasteiger partial charge in [0, 0.05) is 12.2 Å². The van der Waals surface area contributed by atoms with E-state index in [-0.39, 0.29) is 17.9 Å². The van der Waals surface area contributed by atoms with Crippen molar-refractivity contribution in [1.29, 1.82) is 0 Å². The maximum atomic E-state index is 12.2. The molecular weight excluding hydrogens is 328 g/mol. The molecule has 0 bridgehead atoms. The van der Waals surface area contributed by atoms with Crippen molar-refractivity contribution in [1.82, 2.24) is 5.32 Å². The average Bonchev–Trinajstić information content (AvgIpc) is 2.61.